The molecule has 0 N–H and O–H groups in total. The number of methoxy groups -OCH3 is 1. The van der Waals surface area contributed by atoms with Gasteiger partial charge < -0.3 is 14.5 Å². The van der Waals surface area contributed by atoms with Gasteiger partial charge in [-0.05, 0) is 99.5 Å². The number of ether oxygens (including phenoxy) is 1. The molecule has 0 atom stereocenters. The van der Waals surface area contributed by atoms with E-state index in [2.05, 4.69) is 62.1 Å². The summed E-state index contributed by atoms with van der Waals surface area (Å²) in [6.07, 6.45) is 17.0. The van der Waals surface area contributed by atoms with Crippen molar-refractivity contribution in [2.24, 2.45) is 11.8 Å². The Bertz CT molecular complexity index is 1290. The first-order valence-corrected chi connectivity index (χ1v) is 17.3. The SMILES string of the molecule is CCOC.CN(C)c1ccc(C2CCC(CN(C(=O)C3CCCCC3)c3cccc(-c4cnc(C5CC5)s4)c3)CC2)cn1. The summed E-state index contributed by atoms with van der Waals surface area (Å²) in [4.78, 5) is 28.8. The number of carbonyl (C=O) groups excluding carboxylic acids is 1. The third-order valence-corrected chi connectivity index (χ3v) is 10.6. The number of rotatable bonds is 9. The number of benzene rings is 1. The molecular weight excluding hydrogens is 552 g/mol. The van der Waals surface area contributed by atoms with Gasteiger partial charge >= 0.3 is 0 Å². The summed E-state index contributed by atoms with van der Waals surface area (Å²) in [7, 11) is 5.75. The van der Waals surface area contributed by atoms with Gasteiger partial charge in [0.15, 0.2) is 0 Å². The van der Waals surface area contributed by atoms with Gasteiger partial charge in [-0.1, -0.05) is 37.5 Å². The molecule has 2 aromatic heterocycles. The third kappa shape index (κ3) is 8.45. The summed E-state index contributed by atoms with van der Waals surface area (Å²) >= 11 is 1.83. The van der Waals surface area contributed by atoms with Gasteiger partial charge in [-0.15, -0.1) is 11.3 Å². The molecule has 3 aromatic rings. The molecule has 3 aliphatic carbocycles. The number of amides is 1. The van der Waals surface area contributed by atoms with E-state index in [4.69, 9.17) is 4.98 Å². The van der Waals surface area contributed by atoms with E-state index < -0.39 is 0 Å². The second-order valence-corrected chi connectivity index (χ2v) is 13.9. The molecule has 1 aromatic carbocycles. The minimum absolute atomic E-state index is 0.171. The first-order chi connectivity index (χ1) is 21.0. The summed E-state index contributed by atoms with van der Waals surface area (Å²) < 4.78 is 4.54. The Morgan fingerprint density at radius 2 is 1.63 bits per heavy atom. The van der Waals surface area contributed by atoms with Crippen LogP contribution < -0.4 is 9.80 Å². The summed E-state index contributed by atoms with van der Waals surface area (Å²) in [5.41, 5.74) is 3.61. The second-order valence-electron chi connectivity index (χ2n) is 12.8. The van der Waals surface area contributed by atoms with Crippen molar-refractivity contribution in [1.29, 1.82) is 0 Å². The van der Waals surface area contributed by atoms with Gasteiger partial charge in [-0.25, -0.2) is 9.97 Å². The van der Waals surface area contributed by atoms with E-state index >= 15 is 0 Å². The van der Waals surface area contributed by atoms with Crippen LogP contribution in [-0.2, 0) is 9.53 Å². The van der Waals surface area contributed by atoms with Gasteiger partial charge in [0, 0.05) is 64.3 Å². The average Bonchev–Trinajstić information content (AvgIpc) is 3.80. The molecule has 0 unspecified atom stereocenters. The Morgan fingerprint density at radius 1 is 0.907 bits per heavy atom. The molecule has 0 spiro atoms. The van der Waals surface area contributed by atoms with Crippen LogP contribution in [-0.4, -0.2) is 50.2 Å². The number of nitrogens with zero attached hydrogens (tertiary/aromatic N) is 4. The molecule has 6 nitrogen and oxygen atoms in total. The maximum atomic E-state index is 14.0. The number of pyridine rings is 1. The molecule has 3 aliphatic rings. The Labute approximate surface area is 262 Å². The normalized spacial score (nSPS) is 20.7. The molecule has 0 radical (unpaired) electrons. The van der Waals surface area contributed by atoms with Crippen molar-refractivity contribution in [2.75, 3.05) is 44.2 Å². The van der Waals surface area contributed by atoms with Crippen LogP contribution in [0.1, 0.15) is 100.0 Å². The highest BCUT2D eigenvalue weighted by atomic mass is 32.1. The molecule has 0 aliphatic heterocycles. The molecule has 0 saturated heterocycles. The average molecular weight is 603 g/mol. The quantitative estimate of drug-likeness (QED) is 0.245. The lowest BCUT2D eigenvalue weighted by atomic mass is 9.78. The molecule has 7 heteroatoms. The van der Waals surface area contributed by atoms with Crippen LogP contribution in [0.4, 0.5) is 11.5 Å². The molecule has 3 saturated carbocycles. The van der Waals surface area contributed by atoms with Crippen LogP contribution in [0.25, 0.3) is 10.4 Å². The molecule has 0 bridgehead atoms. The highest BCUT2D eigenvalue weighted by molar-refractivity contribution is 7.15. The number of aromatic nitrogens is 2. The van der Waals surface area contributed by atoms with Crippen molar-refractivity contribution in [1.82, 2.24) is 9.97 Å². The highest BCUT2D eigenvalue weighted by Gasteiger charge is 2.31. The van der Waals surface area contributed by atoms with Crippen LogP contribution >= 0.6 is 11.3 Å². The summed E-state index contributed by atoms with van der Waals surface area (Å²) in [6.45, 7) is 3.61. The van der Waals surface area contributed by atoms with Crippen LogP contribution in [0.15, 0.2) is 48.8 Å². The topological polar surface area (TPSA) is 58.6 Å². The maximum Gasteiger partial charge on any atom is 0.230 e. The van der Waals surface area contributed by atoms with Crippen LogP contribution in [0, 0.1) is 11.8 Å². The van der Waals surface area contributed by atoms with Gasteiger partial charge in [-0.2, -0.15) is 0 Å². The molecular formula is C36H50N4O2S. The van der Waals surface area contributed by atoms with E-state index in [-0.39, 0.29) is 5.92 Å². The first kappa shape index (κ1) is 31.6. The Kier molecular flexibility index (Phi) is 11.3. The smallest absolute Gasteiger partial charge is 0.230 e. The zero-order valence-corrected chi connectivity index (χ0v) is 27.5. The van der Waals surface area contributed by atoms with Gasteiger partial charge in [-0.3, -0.25) is 4.79 Å². The fourth-order valence-corrected chi connectivity index (χ4v) is 7.58. The standard InChI is InChI=1S/C33H42N4OS.C3H8O/c1-36(2)31-18-17-28(20-34-31)24-13-11-23(12-14-24)22-37(33(38)26-7-4-3-5-8-26)29-10-6-9-27(19-29)30-21-35-32(39-30)25-15-16-25;1-3-4-2/h6,9-10,17-21,23-26H,3-5,7-8,11-16,22H2,1-2H3;3H2,1-2H3. The molecule has 3 fully saturated rings. The molecule has 43 heavy (non-hydrogen) atoms. The lowest BCUT2D eigenvalue weighted by Crippen LogP contribution is -2.41. The molecule has 2 heterocycles. The van der Waals surface area contributed by atoms with E-state index in [9.17, 15) is 4.79 Å². The predicted molar refractivity (Wildman–Crippen MR) is 179 cm³/mol. The van der Waals surface area contributed by atoms with E-state index in [1.807, 2.05) is 38.6 Å². The lowest BCUT2D eigenvalue weighted by molar-refractivity contribution is -0.123. The van der Waals surface area contributed by atoms with Crippen LogP contribution in [0.5, 0.6) is 0 Å². The predicted octanol–water partition coefficient (Wildman–Crippen LogP) is 8.69. The van der Waals surface area contributed by atoms with Crippen molar-refractivity contribution in [3.05, 3.63) is 59.4 Å². The monoisotopic (exact) mass is 602 g/mol. The second kappa shape index (κ2) is 15.3. The number of hydrogen-bond donors (Lipinski definition) is 0. The highest BCUT2D eigenvalue weighted by Crippen LogP contribution is 2.44. The van der Waals surface area contributed by atoms with Crippen molar-refractivity contribution < 1.29 is 9.53 Å². The summed E-state index contributed by atoms with van der Waals surface area (Å²) in [5, 5.41) is 1.27. The van der Waals surface area contributed by atoms with Crippen molar-refractivity contribution in [2.45, 2.75) is 89.4 Å². The fourth-order valence-electron chi connectivity index (χ4n) is 6.50. The van der Waals surface area contributed by atoms with E-state index in [1.54, 1.807) is 7.11 Å². The molecule has 232 valence electrons. The van der Waals surface area contributed by atoms with Gasteiger partial charge in [0.2, 0.25) is 5.91 Å². The number of carbonyl (C=O) groups is 1. The Morgan fingerprint density at radius 3 is 2.26 bits per heavy atom. The largest absolute Gasteiger partial charge is 0.385 e. The third-order valence-electron chi connectivity index (χ3n) is 9.39. The summed E-state index contributed by atoms with van der Waals surface area (Å²) in [6, 6.07) is 13.1. The van der Waals surface area contributed by atoms with Crippen molar-refractivity contribution in [3.8, 4) is 10.4 Å². The Hall–Kier alpha value is -2.77. The van der Waals surface area contributed by atoms with Crippen molar-refractivity contribution >= 4 is 28.7 Å². The van der Waals surface area contributed by atoms with Crippen LogP contribution in [0.2, 0.25) is 0 Å². The first-order valence-electron chi connectivity index (χ1n) is 16.5. The number of hydrogen-bond acceptors (Lipinski definition) is 6. The van der Waals surface area contributed by atoms with Gasteiger partial charge in [0.1, 0.15) is 5.82 Å². The molecule has 1 amide bonds. The van der Waals surface area contributed by atoms with Crippen LogP contribution in [0.3, 0.4) is 0 Å². The van der Waals surface area contributed by atoms with Crippen molar-refractivity contribution in [3.63, 3.8) is 0 Å². The minimum Gasteiger partial charge on any atom is -0.385 e. The molecule has 6 rings (SSSR count). The minimum atomic E-state index is 0.171. The van der Waals surface area contributed by atoms with E-state index in [0.29, 0.717) is 23.7 Å². The van der Waals surface area contributed by atoms with Gasteiger partial charge in [0.25, 0.3) is 0 Å². The van der Waals surface area contributed by atoms with E-state index in [1.165, 1.54) is 66.0 Å². The lowest BCUT2D eigenvalue weighted by Gasteiger charge is -2.35. The van der Waals surface area contributed by atoms with E-state index in [0.717, 1.165) is 50.3 Å². The summed E-state index contributed by atoms with van der Waals surface area (Å²) in [5.74, 6) is 3.31. The fraction of sp³-hybridized carbons (Fsp3) is 0.583. The maximum absolute atomic E-state index is 14.0. The number of thiazole rings is 1. The zero-order valence-electron chi connectivity index (χ0n) is 26.6. The Balaban J connectivity index is 0.000000868. The zero-order chi connectivity index (χ0) is 30.2. The van der Waals surface area contributed by atoms with Gasteiger partial charge in [0.05, 0.1) is 9.88 Å². The number of anilines is 2.